The van der Waals surface area contributed by atoms with Gasteiger partial charge in [-0.2, -0.15) is 11.8 Å². The third-order valence-electron chi connectivity index (χ3n) is 2.71. The number of ether oxygens (including phenoxy) is 1. The Kier molecular flexibility index (Phi) is 7.89. The van der Waals surface area contributed by atoms with Gasteiger partial charge in [-0.25, -0.2) is 14.0 Å². The second-order valence-electron chi connectivity index (χ2n) is 4.48. The van der Waals surface area contributed by atoms with Crippen LogP contribution >= 0.6 is 11.8 Å². The maximum Gasteiger partial charge on any atom is 0.329 e. The van der Waals surface area contributed by atoms with Crippen LogP contribution in [0.3, 0.4) is 0 Å². The summed E-state index contributed by atoms with van der Waals surface area (Å²) in [6.45, 7) is -0.594. The van der Waals surface area contributed by atoms with Crippen molar-refractivity contribution in [3.63, 3.8) is 0 Å². The summed E-state index contributed by atoms with van der Waals surface area (Å²) in [5, 5.41) is 4.54. The predicted molar refractivity (Wildman–Crippen MR) is 85.5 cm³/mol. The van der Waals surface area contributed by atoms with Crippen molar-refractivity contribution in [2.75, 3.05) is 23.9 Å². The monoisotopic (exact) mass is 343 g/mol. The third kappa shape index (κ3) is 7.00. The fourth-order valence-corrected chi connectivity index (χ4v) is 2.11. The first-order chi connectivity index (χ1) is 10.9. The predicted octanol–water partition coefficient (Wildman–Crippen LogP) is 1.10. The molecule has 126 valence electrons. The van der Waals surface area contributed by atoms with Gasteiger partial charge in [0, 0.05) is 0 Å². The van der Waals surface area contributed by atoms with E-state index in [2.05, 4.69) is 10.6 Å². The first-order valence-electron chi connectivity index (χ1n) is 6.70. The van der Waals surface area contributed by atoms with Crippen LogP contribution in [0.1, 0.15) is 6.42 Å². The topological polar surface area (TPSA) is 111 Å². The molecule has 0 aliphatic heterocycles. The lowest BCUT2D eigenvalue weighted by atomic mass is 10.2. The van der Waals surface area contributed by atoms with Crippen molar-refractivity contribution < 1.29 is 23.5 Å². The van der Waals surface area contributed by atoms with Crippen molar-refractivity contribution in [3.05, 3.63) is 30.1 Å². The number of rotatable bonds is 8. The van der Waals surface area contributed by atoms with Crippen LogP contribution in [0.25, 0.3) is 0 Å². The number of amides is 3. The molecular formula is C14H18FN3O4S. The van der Waals surface area contributed by atoms with Crippen molar-refractivity contribution in [1.82, 2.24) is 5.32 Å². The van der Waals surface area contributed by atoms with Crippen molar-refractivity contribution in [2.45, 2.75) is 12.5 Å². The first-order valence-corrected chi connectivity index (χ1v) is 8.09. The summed E-state index contributed by atoms with van der Waals surface area (Å²) in [6.07, 6.45) is 2.16. The van der Waals surface area contributed by atoms with E-state index in [9.17, 15) is 18.8 Å². The van der Waals surface area contributed by atoms with E-state index in [1.54, 1.807) is 6.07 Å². The van der Waals surface area contributed by atoms with Crippen LogP contribution in [0, 0.1) is 5.82 Å². The fraction of sp³-hybridized carbons (Fsp3) is 0.357. The van der Waals surface area contributed by atoms with Gasteiger partial charge in [-0.3, -0.25) is 4.79 Å². The zero-order valence-corrected chi connectivity index (χ0v) is 13.3. The van der Waals surface area contributed by atoms with Gasteiger partial charge in [-0.15, -0.1) is 0 Å². The maximum absolute atomic E-state index is 13.4. The molecule has 1 atom stereocenters. The lowest BCUT2D eigenvalue weighted by Gasteiger charge is -2.15. The third-order valence-corrected chi connectivity index (χ3v) is 3.35. The zero-order valence-electron chi connectivity index (χ0n) is 12.5. The van der Waals surface area contributed by atoms with Gasteiger partial charge in [0.2, 0.25) is 0 Å². The summed E-state index contributed by atoms with van der Waals surface area (Å²) in [4.78, 5) is 34.4. The van der Waals surface area contributed by atoms with Crippen LogP contribution < -0.4 is 16.4 Å². The highest BCUT2D eigenvalue weighted by atomic mass is 32.2. The summed E-state index contributed by atoms with van der Waals surface area (Å²) in [5.41, 5.74) is 4.98. The minimum absolute atomic E-state index is 0.0113. The van der Waals surface area contributed by atoms with E-state index in [1.165, 1.54) is 30.0 Å². The lowest BCUT2D eigenvalue weighted by molar-refractivity contribution is -0.149. The minimum atomic E-state index is -0.929. The summed E-state index contributed by atoms with van der Waals surface area (Å²) >= 11 is 1.48. The smallest absolute Gasteiger partial charge is 0.329 e. The van der Waals surface area contributed by atoms with Crippen LogP contribution in [0.4, 0.5) is 14.9 Å². The van der Waals surface area contributed by atoms with E-state index < -0.39 is 36.4 Å². The standard InChI is InChI=1S/C14H18FN3O4S/c1-23-7-6-11(18-14(16)21)13(20)22-8-12(19)17-10-5-3-2-4-9(10)15/h2-5,11H,6-8H2,1H3,(H,17,19)(H3,16,18,21)/t11-/m0/s1. The van der Waals surface area contributed by atoms with Gasteiger partial charge >= 0.3 is 12.0 Å². The highest BCUT2D eigenvalue weighted by Gasteiger charge is 2.22. The number of thioether (sulfide) groups is 1. The number of benzene rings is 1. The maximum atomic E-state index is 13.4. The Bertz CT molecular complexity index is 571. The number of urea groups is 1. The van der Waals surface area contributed by atoms with E-state index in [-0.39, 0.29) is 5.69 Å². The highest BCUT2D eigenvalue weighted by Crippen LogP contribution is 2.12. The Hall–Kier alpha value is -2.29. The first kappa shape index (κ1) is 18.8. The van der Waals surface area contributed by atoms with Crippen LogP contribution in [-0.2, 0) is 14.3 Å². The number of hydrogen-bond donors (Lipinski definition) is 3. The number of anilines is 1. The molecular weight excluding hydrogens is 325 g/mol. The van der Waals surface area contributed by atoms with Crippen LogP contribution in [0.5, 0.6) is 0 Å². The number of para-hydroxylation sites is 1. The molecule has 9 heteroatoms. The van der Waals surface area contributed by atoms with Gasteiger partial charge in [0.1, 0.15) is 11.9 Å². The number of hydrogen-bond acceptors (Lipinski definition) is 5. The van der Waals surface area contributed by atoms with E-state index in [0.717, 1.165) is 0 Å². The molecule has 0 radical (unpaired) electrons. The lowest BCUT2D eigenvalue weighted by Crippen LogP contribution is -2.45. The van der Waals surface area contributed by atoms with E-state index in [0.29, 0.717) is 12.2 Å². The SMILES string of the molecule is CSCC[C@H](NC(N)=O)C(=O)OCC(=O)Nc1ccccc1F. The average Bonchev–Trinajstić information content (AvgIpc) is 2.51. The number of nitrogens with one attached hydrogen (secondary N) is 2. The molecule has 0 aliphatic carbocycles. The number of carbonyl (C=O) groups is 3. The molecule has 0 aromatic heterocycles. The molecule has 0 heterocycles. The Balaban J connectivity index is 2.50. The largest absolute Gasteiger partial charge is 0.454 e. The molecule has 0 spiro atoms. The Morgan fingerprint density at radius 2 is 2.04 bits per heavy atom. The van der Waals surface area contributed by atoms with Gasteiger partial charge in [0.15, 0.2) is 6.61 Å². The fourth-order valence-electron chi connectivity index (χ4n) is 1.64. The Morgan fingerprint density at radius 3 is 2.65 bits per heavy atom. The zero-order chi connectivity index (χ0) is 17.2. The van der Waals surface area contributed by atoms with Gasteiger partial charge in [-0.1, -0.05) is 12.1 Å². The van der Waals surface area contributed by atoms with Crippen molar-refractivity contribution >= 4 is 35.4 Å². The summed E-state index contributed by atoms with van der Waals surface area (Å²) in [7, 11) is 0. The van der Waals surface area contributed by atoms with E-state index >= 15 is 0 Å². The van der Waals surface area contributed by atoms with Gasteiger partial charge in [-0.05, 0) is 30.6 Å². The molecule has 7 nitrogen and oxygen atoms in total. The van der Waals surface area contributed by atoms with Gasteiger partial charge in [0.05, 0.1) is 5.69 Å². The Labute approximate surface area is 137 Å². The highest BCUT2D eigenvalue weighted by molar-refractivity contribution is 7.98. The number of esters is 1. The van der Waals surface area contributed by atoms with E-state index in [1.807, 2.05) is 6.26 Å². The van der Waals surface area contributed by atoms with Crippen LogP contribution in [0.2, 0.25) is 0 Å². The molecule has 1 aromatic rings. The molecule has 0 fully saturated rings. The quantitative estimate of drug-likeness (QED) is 0.612. The molecule has 3 amide bonds. The summed E-state index contributed by atoms with van der Waals surface area (Å²) in [6, 6.07) is 3.82. The molecule has 23 heavy (non-hydrogen) atoms. The molecule has 1 rings (SSSR count). The number of carbonyl (C=O) groups excluding carboxylic acids is 3. The molecule has 0 saturated carbocycles. The van der Waals surface area contributed by atoms with Crippen LogP contribution in [0.15, 0.2) is 24.3 Å². The van der Waals surface area contributed by atoms with Crippen molar-refractivity contribution in [1.29, 1.82) is 0 Å². The Morgan fingerprint density at radius 1 is 1.35 bits per heavy atom. The van der Waals surface area contributed by atoms with Crippen molar-refractivity contribution in [2.24, 2.45) is 5.73 Å². The van der Waals surface area contributed by atoms with Gasteiger partial charge < -0.3 is 21.1 Å². The average molecular weight is 343 g/mol. The molecule has 0 unspecified atom stereocenters. The molecule has 0 aliphatic rings. The van der Waals surface area contributed by atoms with Crippen molar-refractivity contribution in [3.8, 4) is 0 Å². The van der Waals surface area contributed by atoms with Gasteiger partial charge in [0.25, 0.3) is 5.91 Å². The molecule has 4 N–H and O–H groups in total. The van der Waals surface area contributed by atoms with E-state index in [4.69, 9.17) is 10.5 Å². The summed E-state index contributed by atoms with van der Waals surface area (Å²) in [5.74, 6) is -1.46. The number of primary amides is 1. The second kappa shape index (κ2) is 9.67. The molecule has 1 aromatic carbocycles. The van der Waals surface area contributed by atoms with Crippen LogP contribution in [-0.4, -0.2) is 42.6 Å². The minimum Gasteiger partial charge on any atom is -0.454 e. The number of nitrogens with two attached hydrogens (primary N) is 1. The number of halogens is 1. The second-order valence-corrected chi connectivity index (χ2v) is 5.46. The normalized spacial score (nSPS) is 11.4. The summed E-state index contributed by atoms with van der Waals surface area (Å²) < 4.78 is 18.2. The molecule has 0 saturated heterocycles. The molecule has 0 bridgehead atoms.